The predicted molar refractivity (Wildman–Crippen MR) is 237 cm³/mol. The summed E-state index contributed by atoms with van der Waals surface area (Å²) >= 11 is 0. The summed E-state index contributed by atoms with van der Waals surface area (Å²) in [5.74, 6) is -1.89. The zero-order valence-corrected chi connectivity index (χ0v) is 36.7. The number of hydrogen-bond donors (Lipinski definition) is 2. The molecule has 14 nitrogen and oxygen atoms in total. The standard InChI is InChI=1S/C49H54N2O12/c1-48(2,3)62-46(56)50-38(27-32-15-11-9-12-16-32)44(54)60-40-25-21-34(29-42(40)58-7)19-23-36(52)31-37(53)24-20-35-22-26-41(43(30-35)59-8)61-45(55)39(28-33-17-13-10-14-18-33)51-47(57)63-49(4,5)6/h9-26,29-30,38-39H,27-28,31H2,1-8H3,(H,50,56)(H,51,57)/b23-19+,24-20+/t38-,39-/m0/s1. The van der Waals surface area contributed by atoms with E-state index in [1.165, 1.54) is 50.7 Å². The van der Waals surface area contributed by atoms with Gasteiger partial charge in [-0.05, 0) is 100 Å². The number of allylic oxidation sites excluding steroid dienone is 2. The summed E-state index contributed by atoms with van der Waals surface area (Å²) < 4.78 is 33.0. The zero-order chi connectivity index (χ0) is 46.2. The van der Waals surface area contributed by atoms with Crippen LogP contribution in [-0.4, -0.2) is 73.2 Å². The van der Waals surface area contributed by atoms with Crippen LogP contribution in [-0.2, 0) is 41.5 Å². The molecule has 0 aliphatic rings. The van der Waals surface area contributed by atoms with E-state index >= 15 is 0 Å². The Balaban J connectivity index is 1.37. The Kier molecular flexibility index (Phi) is 17.4. The maximum Gasteiger partial charge on any atom is 0.408 e. The van der Waals surface area contributed by atoms with Gasteiger partial charge in [0.25, 0.3) is 0 Å². The average Bonchev–Trinajstić information content (AvgIpc) is 3.21. The molecule has 0 radical (unpaired) electrons. The van der Waals surface area contributed by atoms with Crippen LogP contribution in [0.25, 0.3) is 12.2 Å². The highest BCUT2D eigenvalue weighted by Crippen LogP contribution is 2.31. The van der Waals surface area contributed by atoms with Gasteiger partial charge in [0, 0.05) is 12.8 Å². The van der Waals surface area contributed by atoms with Gasteiger partial charge in [0.05, 0.1) is 20.6 Å². The highest BCUT2D eigenvalue weighted by atomic mass is 16.6. The minimum Gasteiger partial charge on any atom is -0.493 e. The second-order valence-corrected chi connectivity index (χ2v) is 16.2. The van der Waals surface area contributed by atoms with Gasteiger partial charge in [0.1, 0.15) is 23.3 Å². The molecule has 0 bridgehead atoms. The van der Waals surface area contributed by atoms with Gasteiger partial charge >= 0.3 is 24.1 Å². The molecule has 0 aliphatic carbocycles. The molecule has 0 spiro atoms. The maximum atomic E-state index is 13.4. The molecular weight excluding hydrogens is 809 g/mol. The lowest BCUT2D eigenvalue weighted by molar-refractivity contribution is -0.137. The molecule has 0 aromatic heterocycles. The molecular formula is C49H54N2O12. The van der Waals surface area contributed by atoms with Gasteiger partial charge in [-0.15, -0.1) is 0 Å². The molecule has 2 atom stereocenters. The van der Waals surface area contributed by atoms with Crippen LogP contribution < -0.4 is 29.6 Å². The summed E-state index contributed by atoms with van der Waals surface area (Å²) in [5, 5.41) is 5.19. The van der Waals surface area contributed by atoms with Crippen LogP contribution in [0.3, 0.4) is 0 Å². The van der Waals surface area contributed by atoms with E-state index in [0.717, 1.165) is 11.1 Å². The molecule has 0 saturated heterocycles. The maximum absolute atomic E-state index is 13.4. The van der Waals surface area contributed by atoms with Gasteiger partial charge in [0.2, 0.25) is 0 Å². The Bertz CT molecular complexity index is 2130. The minimum atomic E-state index is -1.08. The van der Waals surface area contributed by atoms with Crippen molar-refractivity contribution in [3.63, 3.8) is 0 Å². The Morgan fingerprint density at radius 2 is 0.889 bits per heavy atom. The highest BCUT2D eigenvalue weighted by Gasteiger charge is 2.29. The lowest BCUT2D eigenvalue weighted by Gasteiger charge is -2.23. The number of alkyl carbamates (subject to hydrolysis) is 2. The molecule has 2 amide bonds. The molecule has 0 heterocycles. The van der Waals surface area contributed by atoms with E-state index in [1.54, 1.807) is 65.8 Å². The quantitative estimate of drug-likeness (QED) is 0.0426. The summed E-state index contributed by atoms with van der Waals surface area (Å²) in [6.45, 7) is 10.3. The number of methoxy groups -OCH3 is 2. The predicted octanol–water partition coefficient (Wildman–Crippen LogP) is 8.04. The van der Waals surface area contributed by atoms with Crippen LogP contribution in [0.2, 0.25) is 0 Å². The largest absolute Gasteiger partial charge is 0.493 e. The molecule has 332 valence electrons. The zero-order valence-electron chi connectivity index (χ0n) is 36.7. The van der Waals surface area contributed by atoms with E-state index in [9.17, 15) is 28.8 Å². The van der Waals surface area contributed by atoms with Gasteiger partial charge < -0.3 is 39.1 Å². The summed E-state index contributed by atoms with van der Waals surface area (Å²) in [7, 11) is 2.78. The third-order valence-electron chi connectivity index (χ3n) is 8.58. The number of carbonyl (C=O) groups excluding carboxylic acids is 6. The van der Waals surface area contributed by atoms with E-state index < -0.39 is 65.4 Å². The summed E-state index contributed by atoms with van der Waals surface area (Å²) in [6.07, 6.45) is 3.80. The molecule has 0 unspecified atom stereocenters. The Morgan fingerprint density at radius 3 is 1.22 bits per heavy atom. The number of hydrogen-bond acceptors (Lipinski definition) is 12. The molecule has 0 fully saturated rings. The van der Waals surface area contributed by atoms with E-state index in [0.29, 0.717) is 11.1 Å². The first kappa shape index (κ1) is 48.4. The Hall–Kier alpha value is -7.22. The van der Waals surface area contributed by atoms with Crippen LogP contribution in [0.4, 0.5) is 9.59 Å². The number of amides is 2. The summed E-state index contributed by atoms with van der Waals surface area (Å²) in [6, 6.07) is 25.4. The number of rotatable bonds is 18. The Labute approximate surface area is 367 Å². The first-order valence-electron chi connectivity index (χ1n) is 20.1. The van der Waals surface area contributed by atoms with Crippen molar-refractivity contribution < 1.29 is 57.2 Å². The van der Waals surface area contributed by atoms with Crippen LogP contribution >= 0.6 is 0 Å². The van der Waals surface area contributed by atoms with Crippen molar-refractivity contribution in [2.24, 2.45) is 0 Å². The van der Waals surface area contributed by atoms with Crippen molar-refractivity contribution in [3.8, 4) is 23.0 Å². The first-order valence-corrected chi connectivity index (χ1v) is 20.1. The fourth-order valence-corrected chi connectivity index (χ4v) is 5.76. The van der Waals surface area contributed by atoms with Gasteiger partial charge in [-0.3, -0.25) is 9.59 Å². The van der Waals surface area contributed by atoms with Crippen molar-refractivity contribution in [1.29, 1.82) is 0 Å². The van der Waals surface area contributed by atoms with Crippen molar-refractivity contribution in [1.82, 2.24) is 10.6 Å². The van der Waals surface area contributed by atoms with E-state index in [2.05, 4.69) is 10.6 Å². The third kappa shape index (κ3) is 17.0. The number of ether oxygens (including phenoxy) is 6. The minimum absolute atomic E-state index is 0.0839. The van der Waals surface area contributed by atoms with Crippen molar-refractivity contribution in [3.05, 3.63) is 131 Å². The van der Waals surface area contributed by atoms with Gasteiger partial charge in [-0.2, -0.15) is 0 Å². The van der Waals surface area contributed by atoms with Crippen molar-refractivity contribution in [2.45, 2.75) is 84.1 Å². The monoisotopic (exact) mass is 862 g/mol. The normalized spacial score (nSPS) is 12.4. The fraction of sp³-hybridized carbons (Fsp3) is 0.306. The molecule has 4 aromatic rings. The average molecular weight is 863 g/mol. The number of carbonyl (C=O) groups is 6. The molecule has 63 heavy (non-hydrogen) atoms. The molecule has 14 heteroatoms. The highest BCUT2D eigenvalue weighted by molar-refractivity contribution is 6.11. The smallest absolute Gasteiger partial charge is 0.408 e. The molecule has 4 rings (SSSR count). The van der Waals surface area contributed by atoms with E-state index in [4.69, 9.17) is 28.4 Å². The summed E-state index contributed by atoms with van der Waals surface area (Å²) in [4.78, 5) is 77.5. The fourth-order valence-electron chi connectivity index (χ4n) is 5.76. The van der Waals surface area contributed by atoms with Crippen LogP contribution in [0.5, 0.6) is 23.0 Å². The molecule has 2 N–H and O–H groups in total. The SMILES string of the molecule is COc1cc(/C=C/C(=O)CC(=O)/C=C/c2ccc(OC(=O)[C@H](Cc3ccccc3)NC(=O)OC(C)(C)C)c(OC)c2)ccc1OC(=O)[C@H](Cc1ccccc1)NC(=O)OC(C)(C)C. The third-order valence-corrected chi connectivity index (χ3v) is 8.58. The van der Waals surface area contributed by atoms with Gasteiger partial charge in [-0.25, -0.2) is 19.2 Å². The van der Waals surface area contributed by atoms with E-state index in [1.807, 2.05) is 60.7 Å². The second-order valence-electron chi connectivity index (χ2n) is 16.2. The molecule has 4 aromatic carbocycles. The van der Waals surface area contributed by atoms with Gasteiger partial charge in [-0.1, -0.05) is 84.9 Å². The topological polar surface area (TPSA) is 182 Å². The number of benzene rings is 4. The second kappa shape index (κ2) is 22.6. The lowest BCUT2D eigenvalue weighted by Crippen LogP contribution is -2.46. The van der Waals surface area contributed by atoms with Crippen LogP contribution in [0.1, 0.15) is 70.2 Å². The number of nitrogens with one attached hydrogen (secondary N) is 2. The summed E-state index contributed by atoms with van der Waals surface area (Å²) in [5.41, 5.74) is 1.06. The van der Waals surface area contributed by atoms with Gasteiger partial charge in [0.15, 0.2) is 34.6 Å². The number of esters is 2. The molecule has 0 aliphatic heterocycles. The van der Waals surface area contributed by atoms with Crippen molar-refractivity contribution in [2.75, 3.05) is 14.2 Å². The Morgan fingerprint density at radius 1 is 0.524 bits per heavy atom. The van der Waals surface area contributed by atoms with E-state index in [-0.39, 0.29) is 35.8 Å². The van der Waals surface area contributed by atoms with Crippen LogP contribution in [0, 0.1) is 0 Å². The van der Waals surface area contributed by atoms with Crippen molar-refractivity contribution >= 4 is 47.8 Å². The lowest BCUT2D eigenvalue weighted by atomic mass is 10.1. The first-order chi connectivity index (χ1) is 29.8. The number of ketones is 2. The molecule has 0 saturated carbocycles. The van der Waals surface area contributed by atoms with Crippen LogP contribution in [0.15, 0.2) is 109 Å².